The molecule has 4 aromatic heterocycles. The molecule has 7 rings (SSSR count). The van der Waals surface area contributed by atoms with E-state index in [0.717, 1.165) is 83.7 Å². The Morgan fingerprint density at radius 3 is 2.49 bits per heavy atom. The molecule has 45 heavy (non-hydrogen) atoms. The van der Waals surface area contributed by atoms with Gasteiger partial charge in [-0.15, -0.1) is 0 Å². The largest absolute Gasteiger partial charge is 0.354 e. The Balaban J connectivity index is 1.09. The molecule has 2 saturated heterocycles. The van der Waals surface area contributed by atoms with Gasteiger partial charge in [-0.05, 0) is 25.5 Å². The monoisotopic (exact) mass is 618 g/mol. The molecule has 5 aromatic rings. The van der Waals surface area contributed by atoms with E-state index in [1.165, 1.54) is 11.3 Å². The van der Waals surface area contributed by atoms with Crippen molar-refractivity contribution in [2.75, 3.05) is 50.0 Å². The highest BCUT2D eigenvalue weighted by Gasteiger charge is 2.36. The predicted octanol–water partition coefficient (Wildman–Crippen LogP) is 4.51. The number of amides is 1. The van der Waals surface area contributed by atoms with Gasteiger partial charge in [0, 0.05) is 81.0 Å². The lowest BCUT2D eigenvalue weighted by Crippen LogP contribution is -2.59. The molecule has 2 fully saturated rings. The number of aromatic nitrogens is 5. The highest BCUT2D eigenvalue weighted by Crippen LogP contribution is 2.37. The number of carbonyl (C=O) groups excluding carboxylic acids is 1. The Morgan fingerprint density at radius 1 is 1.09 bits per heavy atom. The van der Waals surface area contributed by atoms with Crippen LogP contribution in [0.3, 0.4) is 0 Å². The summed E-state index contributed by atoms with van der Waals surface area (Å²) >= 11 is 1.38. The summed E-state index contributed by atoms with van der Waals surface area (Å²) in [5, 5.41) is 17.1. The number of rotatable bonds is 9. The number of carbonyl (C=O) groups is 1. The first-order chi connectivity index (χ1) is 21.9. The minimum Gasteiger partial charge on any atom is -0.354 e. The molecule has 2 aliphatic rings. The molecule has 1 amide bonds. The molecule has 0 spiro atoms. The van der Waals surface area contributed by atoms with Gasteiger partial charge in [0.05, 0.1) is 11.6 Å². The van der Waals surface area contributed by atoms with Gasteiger partial charge in [0.2, 0.25) is 11.9 Å². The molecule has 6 heterocycles. The van der Waals surface area contributed by atoms with E-state index in [-0.39, 0.29) is 11.8 Å². The molecule has 2 aliphatic heterocycles. The van der Waals surface area contributed by atoms with Gasteiger partial charge >= 0.3 is 0 Å². The number of nitrogens with one attached hydrogen (secondary N) is 2. The molecule has 228 valence electrons. The average molecular weight is 619 g/mol. The zero-order chi connectivity index (χ0) is 31.1. The number of hydrogen-bond acceptors (Lipinski definition) is 10. The van der Waals surface area contributed by atoms with Crippen molar-refractivity contribution < 1.29 is 4.79 Å². The molecular weight excluding hydrogens is 584 g/mol. The van der Waals surface area contributed by atoms with Crippen LogP contribution in [0, 0.1) is 30.1 Å². The normalized spacial score (nSPS) is 15.0. The van der Waals surface area contributed by atoms with E-state index in [1.807, 2.05) is 72.6 Å². The van der Waals surface area contributed by atoms with Crippen LogP contribution in [-0.2, 0) is 11.2 Å². The van der Waals surface area contributed by atoms with Crippen LogP contribution in [0.2, 0.25) is 0 Å². The summed E-state index contributed by atoms with van der Waals surface area (Å²) in [5.41, 5.74) is 6.39. The number of aryl methyl sites for hydroxylation is 2. The molecular formula is C33H34N10OS. The third-order valence-corrected chi connectivity index (χ3v) is 9.61. The van der Waals surface area contributed by atoms with Crippen molar-refractivity contribution in [1.82, 2.24) is 34.6 Å². The Labute approximate surface area is 265 Å². The van der Waals surface area contributed by atoms with Gasteiger partial charge in [0.15, 0.2) is 5.13 Å². The summed E-state index contributed by atoms with van der Waals surface area (Å²) in [7, 11) is 1.97. The number of fused-ring (bicyclic) bond motifs is 1. The van der Waals surface area contributed by atoms with E-state index in [2.05, 4.69) is 44.2 Å². The number of nitrogens with zero attached hydrogens (tertiary/aromatic N) is 8. The van der Waals surface area contributed by atoms with E-state index < -0.39 is 0 Å². The maximum atomic E-state index is 12.3. The summed E-state index contributed by atoms with van der Waals surface area (Å²) in [6.07, 6.45) is 6.44. The molecule has 0 bridgehead atoms. The summed E-state index contributed by atoms with van der Waals surface area (Å²) in [6.45, 7) is 8.04. The number of benzene rings is 1. The van der Waals surface area contributed by atoms with Crippen LogP contribution in [0.1, 0.15) is 23.1 Å². The van der Waals surface area contributed by atoms with E-state index in [1.54, 1.807) is 0 Å². The lowest BCUT2D eigenvalue weighted by Gasteiger charge is -2.42. The van der Waals surface area contributed by atoms with Crippen molar-refractivity contribution in [3.8, 4) is 28.5 Å². The minimum atomic E-state index is 0.155. The van der Waals surface area contributed by atoms with Gasteiger partial charge in [0.25, 0.3) is 0 Å². The number of thiazole rings is 1. The van der Waals surface area contributed by atoms with E-state index in [4.69, 9.17) is 9.97 Å². The number of nitriles is 1. The molecule has 0 atom stereocenters. The van der Waals surface area contributed by atoms with E-state index in [9.17, 15) is 10.1 Å². The predicted molar refractivity (Wildman–Crippen MR) is 176 cm³/mol. The SMILES string of the molecule is CCc1nc2ccc(-c3cnc(NCC4CN(C(=O)C5CNC5)C4)nc3)cn2c1N(C)c1nc(-c2ccc(C)cc2)c(C#N)s1. The summed E-state index contributed by atoms with van der Waals surface area (Å²) < 4.78 is 2.07. The number of hydrogen-bond donors (Lipinski definition) is 2. The van der Waals surface area contributed by atoms with Gasteiger partial charge < -0.3 is 20.4 Å². The Hall–Kier alpha value is -4.86. The van der Waals surface area contributed by atoms with Crippen LogP contribution in [0.15, 0.2) is 55.0 Å². The lowest BCUT2D eigenvalue weighted by atomic mass is 9.94. The zero-order valence-electron chi connectivity index (χ0n) is 25.5. The fourth-order valence-electron chi connectivity index (χ4n) is 5.77. The van der Waals surface area contributed by atoms with Crippen molar-refractivity contribution in [1.29, 1.82) is 5.26 Å². The lowest BCUT2D eigenvalue weighted by molar-refractivity contribution is -0.143. The third-order valence-electron chi connectivity index (χ3n) is 8.58. The number of imidazole rings is 1. The summed E-state index contributed by atoms with van der Waals surface area (Å²) in [6, 6.07) is 14.5. The highest BCUT2D eigenvalue weighted by molar-refractivity contribution is 7.16. The standard InChI is InChI=1S/C33H34N10OS/c1-4-26-30(41(3)33-40-29(27(11-34)45-33)22-7-5-20(2)6-8-22)43-19-23(9-10-28(43)39-26)24-15-37-32(38-16-24)36-12-21-17-42(18-21)31(44)25-13-35-14-25/h5-10,15-16,19,21,25,35H,4,12-14,17-18H2,1-3H3,(H,36,37,38). The minimum absolute atomic E-state index is 0.155. The van der Waals surface area contributed by atoms with Gasteiger partial charge in [0.1, 0.15) is 28.1 Å². The maximum absolute atomic E-state index is 12.3. The topological polar surface area (TPSA) is 127 Å². The van der Waals surface area contributed by atoms with Gasteiger partial charge in [-0.25, -0.2) is 19.9 Å². The third kappa shape index (κ3) is 5.49. The highest BCUT2D eigenvalue weighted by atomic mass is 32.1. The Kier molecular flexibility index (Phi) is 7.64. The van der Waals surface area contributed by atoms with Crippen molar-refractivity contribution in [2.45, 2.75) is 20.3 Å². The number of likely N-dealkylation sites (tertiary alicyclic amines) is 1. The van der Waals surface area contributed by atoms with Crippen molar-refractivity contribution in [3.63, 3.8) is 0 Å². The first-order valence-electron chi connectivity index (χ1n) is 15.2. The first-order valence-corrected chi connectivity index (χ1v) is 16.0. The second-order valence-electron chi connectivity index (χ2n) is 11.7. The molecule has 12 heteroatoms. The molecule has 0 unspecified atom stereocenters. The van der Waals surface area contributed by atoms with Crippen molar-refractivity contribution in [2.24, 2.45) is 11.8 Å². The van der Waals surface area contributed by atoms with Crippen LogP contribution in [0.4, 0.5) is 16.9 Å². The molecule has 11 nitrogen and oxygen atoms in total. The number of anilines is 3. The van der Waals surface area contributed by atoms with Crippen LogP contribution in [0.25, 0.3) is 28.0 Å². The average Bonchev–Trinajstić information content (AvgIpc) is 3.61. The molecule has 1 aromatic carbocycles. The number of pyridine rings is 1. The van der Waals surface area contributed by atoms with Crippen LogP contribution in [-0.4, -0.2) is 74.9 Å². The smallest absolute Gasteiger partial charge is 0.228 e. The van der Waals surface area contributed by atoms with E-state index in [0.29, 0.717) is 22.4 Å². The van der Waals surface area contributed by atoms with Gasteiger partial charge in [-0.2, -0.15) is 5.26 Å². The molecule has 2 N–H and O–H groups in total. The molecule has 0 aliphatic carbocycles. The second kappa shape index (κ2) is 11.9. The first kappa shape index (κ1) is 28.9. The second-order valence-corrected chi connectivity index (χ2v) is 12.7. The van der Waals surface area contributed by atoms with Crippen molar-refractivity contribution >= 4 is 39.8 Å². The fraction of sp³-hybridized carbons (Fsp3) is 0.333. The molecule has 0 saturated carbocycles. The van der Waals surface area contributed by atoms with Crippen LogP contribution >= 0.6 is 11.3 Å². The fourth-order valence-corrected chi connectivity index (χ4v) is 6.62. The summed E-state index contributed by atoms with van der Waals surface area (Å²) in [5.74, 6) is 2.31. The Morgan fingerprint density at radius 2 is 1.82 bits per heavy atom. The summed E-state index contributed by atoms with van der Waals surface area (Å²) in [4.78, 5) is 35.8. The van der Waals surface area contributed by atoms with E-state index >= 15 is 0 Å². The van der Waals surface area contributed by atoms with Gasteiger partial charge in [-0.3, -0.25) is 9.20 Å². The van der Waals surface area contributed by atoms with Gasteiger partial charge in [-0.1, -0.05) is 48.1 Å². The van der Waals surface area contributed by atoms with Crippen molar-refractivity contribution in [3.05, 3.63) is 71.1 Å². The maximum Gasteiger partial charge on any atom is 0.228 e. The zero-order valence-corrected chi connectivity index (χ0v) is 26.3. The van der Waals surface area contributed by atoms with Crippen LogP contribution < -0.4 is 15.5 Å². The Bertz CT molecular complexity index is 1900. The van der Waals surface area contributed by atoms with Crippen LogP contribution in [0.5, 0.6) is 0 Å². The quantitative estimate of drug-likeness (QED) is 0.245. The molecule has 0 radical (unpaired) electrons.